The number of aryl methyl sites for hydroxylation is 1. The molecule has 0 aromatic carbocycles. The predicted molar refractivity (Wildman–Crippen MR) is 42.5 cm³/mol. The Morgan fingerprint density at radius 2 is 2.50 bits per heavy atom. The number of hydrogen-bond acceptors (Lipinski definition) is 2. The zero-order valence-corrected chi connectivity index (χ0v) is 6.91. The van der Waals surface area contributed by atoms with Crippen LogP contribution in [0.25, 0.3) is 0 Å². The summed E-state index contributed by atoms with van der Waals surface area (Å²) in [6, 6.07) is 2.17. The number of nitriles is 1. The van der Waals surface area contributed by atoms with Gasteiger partial charge in [-0.05, 0) is 24.7 Å². The third-order valence-electron chi connectivity index (χ3n) is 3.06. The van der Waals surface area contributed by atoms with Crippen LogP contribution in [0.4, 0.5) is 0 Å². The molecule has 3 nitrogen and oxygen atoms in total. The minimum atomic E-state index is 0.664. The van der Waals surface area contributed by atoms with E-state index in [4.69, 9.17) is 5.26 Å². The van der Waals surface area contributed by atoms with Crippen molar-refractivity contribution in [3.05, 3.63) is 17.0 Å². The molecular weight excluding hydrogens is 150 g/mol. The van der Waals surface area contributed by atoms with Crippen molar-refractivity contribution < 1.29 is 0 Å². The van der Waals surface area contributed by atoms with Gasteiger partial charge in [0, 0.05) is 18.3 Å². The first kappa shape index (κ1) is 6.24. The van der Waals surface area contributed by atoms with E-state index in [-0.39, 0.29) is 0 Å². The van der Waals surface area contributed by atoms with Gasteiger partial charge in [0.25, 0.3) is 0 Å². The van der Waals surface area contributed by atoms with Crippen molar-refractivity contribution in [3.8, 4) is 6.07 Å². The predicted octanol–water partition coefficient (Wildman–Crippen LogP) is 0.951. The summed E-state index contributed by atoms with van der Waals surface area (Å²) < 4.78 is 1.88. The fraction of sp³-hybridized carbons (Fsp3) is 0.556. The third kappa shape index (κ3) is 0.547. The van der Waals surface area contributed by atoms with Gasteiger partial charge in [-0.25, -0.2) is 0 Å². The highest BCUT2D eigenvalue weighted by Gasteiger charge is 2.48. The van der Waals surface area contributed by atoms with Crippen LogP contribution in [0.2, 0.25) is 0 Å². The Morgan fingerprint density at radius 1 is 1.67 bits per heavy atom. The van der Waals surface area contributed by atoms with Crippen molar-refractivity contribution in [2.24, 2.45) is 13.0 Å². The minimum absolute atomic E-state index is 0.664. The molecule has 60 valence electrons. The van der Waals surface area contributed by atoms with Gasteiger partial charge >= 0.3 is 0 Å². The SMILES string of the molecule is Cn1nc(C#N)c2c1CC1CC21. The molecule has 0 amide bonds. The Balaban J connectivity index is 2.27. The molecule has 12 heavy (non-hydrogen) atoms. The molecule has 0 bridgehead atoms. The number of hydrogen-bond donors (Lipinski definition) is 0. The van der Waals surface area contributed by atoms with Gasteiger partial charge in [-0.1, -0.05) is 0 Å². The topological polar surface area (TPSA) is 41.6 Å². The fourth-order valence-electron chi connectivity index (χ4n) is 2.36. The van der Waals surface area contributed by atoms with E-state index in [9.17, 15) is 0 Å². The number of nitrogens with zero attached hydrogens (tertiary/aromatic N) is 3. The van der Waals surface area contributed by atoms with Crippen LogP contribution in [0.5, 0.6) is 0 Å². The molecule has 1 aromatic heterocycles. The maximum Gasteiger partial charge on any atom is 0.166 e. The van der Waals surface area contributed by atoms with E-state index in [1.54, 1.807) is 0 Å². The molecule has 1 fully saturated rings. The van der Waals surface area contributed by atoms with Crippen molar-refractivity contribution in [1.29, 1.82) is 5.26 Å². The Bertz CT molecular complexity index is 397. The van der Waals surface area contributed by atoms with Crippen molar-refractivity contribution in [3.63, 3.8) is 0 Å². The molecule has 1 saturated carbocycles. The molecule has 3 heteroatoms. The third-order valence-corrected chi connectivity index (χ3v) is 3.06. The Hall–Kier alpha value is -1.30. The molecule has 1 heterocycles. The van der Waals surface area contributed by atoms with Gasteiger partial charge in [-0.15, -0.1) is 0 Å². The highest BCUT2D eigenvalue weighted by Crippen LogP contribution is 2.56. The summed E-state index contributed by atoms with van der Waals surface area (Å²) >= 11 is 0. The van der Waals surface area contributed by atoms with E-state index >= 15 is 0 Å². The number of fused-ring (bicyclic) bond motifs is 3. The van der Waals surface area contributed by atoms with E-state index in [0.29, 0.717) is 11.6 Å². The van der Waals surface area contributed by atoms with Crippen LogP contribution in [-0.4, -0.2) is 9.78 Å². The Kier molecular flexibility index (Phi) is 0.891. The van der Waals surface area contributed by atoms with E-state index in [1.165, 1.54) is 17.7 Å². The van der Waals surface area contributed by atoms with Gasteiger partial charge in [0.2, 0.25) is 0 Å². The van der Waals surface area contributed by atoms with Crippen LogP contribution >= 0.6 is 0 Å². The zero-order valence-electron chi connectivity index (χ0n) is 6.91. The Labute approximate surface area is 70.6 Å². The van der Waals surface area contributed by atoms with Crippen LogP contribution in [0.15, 0.2) is 0 Å². The summed E-state index contributed by atoms with van der Waals surface area (Å²) in [6.45, 7) is 0. The summed E-state index contributed by atoms with van der Waals surface area (Å²) in [7, 11) is 1.93. The maximum atomic E-state index is 8.83. The number of rotatable bonds is 0. The van der Waals surface area contributed by atoms with Crippen molar-refractivity contribution >= 4 is 0 Å². The largest absolute Gasteiger partial charge is 0.271 e. The molecule has 3 rings (SSSR count). The standard InChI is InChI=1S/C9H9N3/c1-12-8-3-5-2-6(5)9(8)7(4-10)11-12/h5-6H,2-3H2,1H3. The Morgan fingerprint density at radius 3 is 3.25 bits per heavy atom. The zero-order chi connectivity index (χ0) is 8.29. The summed E-state index contributed by atoms with van der Waals surface area (Å²) in [4.78, 5) is 0. The quantitative estimate of drug-likeness (QED) is 0.565. The maximum absolute atomic E-state index is 8.83. The molecule has 0 N–H and O–H groups in total. The smallest absolute Gasteiger partial charge is 0.166 e. The summed E-state index contributed by atoms with van der Waals surface area (Å²) in [5.41, 5.74) is 3.22. The lowest BCUT2D eigenvalue weighted by atomic mass is 10.1. The first-order valence-electron chi connectivity index (χ1n) is 4.27. The molecule has 0 saturated heterocycles. The molecular formula is C9H9N3. The van der Waals surface area contributed by atoms with E-state index in [1.807, 2.05) is 11.7 Å². The van der Waals surface area contributed by atoms with Gasteiger partial charge < -0.3 is 0 Å². The van der Waals surface area contributed by atoms with Crippen LogP contribution in [0, 0.1) is 17.2 Å². The average molecular weight is 159 g/mol. The fourth-order valence-corrected chi connectivity index (χ4v) is 2.36. The lowest BCUT2D eigenvalue weighted by molar-refractivity contribution is 0.685. The van der Waals surface area contributed by atoms with Gasteiger partial charge in [-0.3, -0.25) is 4.68 Å². The van der Waals surface area contributed by atoms with Crippen LogP contribution < -0.4 is 0 Å². The molecule has 2 aliphatic carbocycles. The van der Waals surface area contributed by atoms with Crippen molar-refractivity contribution in [1.82, 2.24) is 9.78 Å². The highest BCUT2D eigenvalue weighted by atomic mass is 15.3. The monoisotopic (exact) mass is 159 g/mol. The number of aromatic nitrogens is 2. The molecule has 1 aromatic rings. The van der Waals surface area contributed by atoms with Crippen molar-refractivity contribution in [2.75, 3.05) is 0 Å². The minimum Gasteiger partial charge on any atom is -0.271 e. The van der Waals surface area contributed by atoms with E-state index in [2.05, 4.69) is 11.2 Å². The van der Waals surface area contributed by atoms with E-state index in [0.717, 1.165) is 12.3 Å². The molecule has 0 radical (unpaired) electrons. The lowest BCUT2D eigenvalue weighted by Crippen LogP contribution is -1.97. The molecule has 0 spiro atoms. The van der Waals surface area contributed by atoms with Gasteiger partial charge in [0.05, 0.1) is 0 Å². The van der Waals surface area contributed by atoms with Crippen molar-refractivity contribution in [2.45, 2.75) is 18.8 Å². The summed E-state index contributed by atoms with van der Waals surface area (Å²) in [6.07, 6.45) is 2.43. The normalized spacial score (nSPS) is 29.3. The lowest BCUT2D eigenvalue weighted by Gasteiger charge is -1.96. The second-order valence-electron chi connectivity index (χ2n) is 3.75. The van der Waals surface area contributed by atoms with Gasteiger partial charge in [0.15, 0.2) is 5.69 Å². The van der Waals surface area contributed by atoms with Crippen LogP contribution in [-0.2, 0) is 13.5 Å². The van der Waals surface area contributed by atoms with E-state index < -0.39 is 0 Å². The second-order valence-corrected chi connectivity index (χ2v) is 3.75. The average Bonchev–Trinajstić information content (AvgIpc) is 2.61. The molecule has 2 aliphatic rings. The van der Waals surface area contributed by atoms with Crippen LogP contribution in [0.3, 0.4) is 0 Å². The first-order chi connectivity index (χ1) is 5.81. The van der Waals surface area contributed by atoms with Crippen LogP contribution in [0.1, 0.15) is 29.3 Å². The van der Waals surface area contributed by atoms with Gasteiger partial charge in [0.1, 0.15) is 6.07 Å². The first-order valence-corrected chi connectivity index (χ1v) is 4.27. The molecule has 2 unspecified atom stereocenters. The van der Waals surface area contributed by atoms with Gasteiger partial charge in [-0.2, -0.15) is 10.4 Å². The molecule has 2 atom stereocenters. The molecule has 0 aliphatic heterocycles. The summed E-state index contributed by atoms with van der Waals surface area (Å²) in [5, 5.41) is 13.0. The summed E-state index contributed by atoms with van der Waals surface area (Å²) in [5.74, 6) is 1.53. The second kappa shape index (κ2) is 1.71. The highest BCUT2D eigenvalue weighted by molar-refractivity contribution is 5.46.